The molecule has 27 heavy (non-hydrogen) atoms. The summed E-state index contributed by atoms with van der Waals surface area (Å²) in [5, 5.41) is 6.39. The van der Waals surface area contributed by atoms with Gasteiger partial charge in [0, 0.05) is 33.3 Å². The number of urea groups is 1. The van der Waals surface area contributed by atoms with Crippen LogP contribution in [0, 0.1) is 6.92 Å². The van der Waals surface area contributed by atoms with Gasteiger partial charge in [-0.1, -0.05) is 23.7 Å². The average Bonchev–Trinajstić information content (AvgIpc) is 3.02. The van der Waals surface area contributed by atoms with Crippen LogP contribution in [0.3, 0.4) is 0 Å². The Morgan fingerprint density at radius 1 is 1.26 bits per heavy atom. The second-order valence-corrected chi connectivity index (χ2v) is 9.87. The van der Waals surface area contributed by atoms with Gasteiger partial charge in [-0.25, -0.2) is 4.79 Å². The quantitative estimate of drug-likeness (QED) is 0.720. The van der Waals surface area contributed by atoms with Crippen LogP contribution in [-0.2, 0) is 9.67 Å². The minimum Gasteiger partial charge on any atom is -0.323 e. The van der Waals surface area contributed by atoms with E-state index >= 15 is 0 Å². The number of thioether (sulfide) groups is 1. The molecule has 1 spiro atoms. The fourth-order valence-electron chi connectivity index (χ4n) is 3.71. The molecular formula is C20H20ClN3O2S. The third-order valence-corrected chi connectivity index (χ3v) is 6.60. The summed E-state index contributed by atoms with van der Waals surface area (Å²) in [6, 6.07) is 12.6. The van der Waals surface area contributed by atoms with Crippen LogP contribution >= 0.6 is 23.4 Å². The normalized spacial score (nSPS) is 22.7. The Hall–Kier alpha value is -2.18. The summed E-state index contributed by atoms with van der Waals surface area (Å²) >= 11 is 7.69. The Labute approximate surface area is 167 Å². The molecule has 1 fully saturated rings. The number of carbonyl (C=O) groups is 2. The largest absolute Gasteiger partial charge is 0.323 e. The van der Waals surface area contributed by atoms with E-state index < -0.39 is 4.87 Å². The van der Waals surface area contributed by atoms with Crippen LogP contribution in [0.2, 0.25) is 5.02 Å². The van der Waals surface area contributed by atoms with Gasteiger partial charge < -0.3 is 10.6 Å². The van der Waals surface area contributed by atoms with Gasteiger partial charge in [0.1, 0.15) is 0 Å². The maximum Gasteiger partial charge on any atom is 0.323 e. The lowest BCUT2D eigenvalue weighted by atomic mass is 10.0. The molecule has 0 unspecified atom stereocenters. The van der Waals surface area contributed by atoms with Gasteiger partial charge in [0.2, 0.25) is 0 Å². The van der Waals surface area contributed by atoms with E-state index in [-0.39, 0.29) is 16.7 Å². The van der Waals surface area contributed by atoms with Crippen LogP contribution in [0.1, 0.15) is 25.0 Å². The lowest BCUT2D eigenvalue weighted by molar-refractivity contribution is -0.121. The zero-order chi connectivity index (χ0) is 19.4. The van der Waals surface area contributed by atoms with E-state index in [0.717, 1.165) is 11.1 Å². The van der Waals surface area contributed by atoms with Crippen molar-refractivity contribution < 1.29 is 9.59 Å². The zero-order valence-electron chi connectivity index (χ0n) is 15.3. The van der Waals surface area contributed by atoms with Crippen molar-refractivity contribution in [1.29, 1.82) is 0 Å². The van der Waals surface area contributed by atoms with Gasteiger partial charge in [0.25, 0.3) is 5.91 Å². The number of anilines is 2. The molecule has 1 saturated heterocycles. The second-order valence-electron chi connectivity index (χ2n) is 7.54. The van der Waals surface area contributed by atoms with Crippen LogP contribution in [-0.4, -0.2) is 28.1 Å². The predicted molar refractivity (Wildman–Crippen MR) is 110 cm³/mol. The highest BCUT2D eigenvalue weighted by Gasteiger charge is 2.61. The molecule has 2 aromatic carbocycles. The molecule has 0 bridgehead atoms. The van der Waals surface area contributed by atoms with Crippen molar-refractivity contribution in [2.45, 2.75) is 30.4 Å². The van der Waals surface area contributed by atoms with Crippen molar-refractivity contribution >= 4 is 46.7 Å². The number of rotatable bonds is 1. The maximum absolute atomic E-state index is 13.2. The van der Waals surface area contributed by atoms with Crippen LogP contribution in [0.25, 0.3) is 0 Å². The molecule has 1 atom stereocenters. The number of fused-ring (bicyclic) bond motifs is 2. The Morgan fingerprint density at radius 2 is 2.04 bits per heavy atom. The first-order chi connectivity index (χ1) is 12.7. The van der Waals surface area contributed by atoms with Crippen LogP contribution in [0.15, 0.2) is 42.5 Å². The highest BCUT2D eigenvalue weighted by molar-refractivity contribution is 8.02. The molecule has 0 aliphatic carbocycles. The SMILES string of the molecule is Cc1cccc(NC(=O)N2CC(C)(C)S[C@@]23C(=O)Nc2ccc(Cl)cc23)c1. The molecule has 140 valence electrons. The molecular weight excluding hydrogens is 382 g/mol. The van der Waals surface area contributed by atoms with Crippen LogP contribution < -0.4 is 10.6 Å². The fraction of sp³-hybridized carbons (Fsp3) is 0.300. The molecule has 3 amide bonds. The highest BCUT2D eigenvalue weighted by Crippen LogP contribution is 2.58. The summed E-state index contributed by atoms with van der Waals surface area (Å²) in [6.07, 6.45) is 0. The predicted octanol–water partition coefficient (Wildman–Crippen LogP) is 4.81. The van der Waals surface area contributed by atoms with Gasteiger partial charge in [0.05, 0.1) is 0 Å². The van der Waals surface area contributed by atoms with Crippen molar-refractivity contribution in [3.05, 3.63) is 58.6 Å². The van der Waals surface area contributed by atoms with E-state index in [2.05, 4.69) is 10.6 Å². The molecule has 2 aromatic rings. The number of nitrogens with zero attached hydrogens (tertiary/aromatic N) is 1. The first-order valence-corrected chi connectivity index (χ1v) is 9.88. The van der Waals surface area contributed by atoms with E-state index in [1.807, 2.05) is 45.0 Å². The number of halogens is 1. The van der Waals surface area contributed by atoms with E-state index in [1.165, 1.54) is 11.8 Å². The number of aryl methyl sites for hydroxylation is 1. The minimum atomic E-state index is -1.13. The van der Waals surface area contributed by atoms with Gasteiger partial charge in [-0.05, 0) is 56.7 Å². The van der Waals surface area contributed by atoms with Gasteiger partial charge in [-0.3, -0.25) is 9.69 Å². The standard InChI is InChI=1S/C20H20ClN3O2S/c1-12-5-4-6-14(9-12)22-18(26)24-11-19(2,3)27-20(24)15-10-13(21)7-8-16(15)23-17(20)25/h4-10H,11H2,1-3H3,(H,22,26)(H,23,25)/t20-/m0/s1. The number of hydrogen-bond acceptors (Lipinski definition) is 3. The Bertz CT molecular complexity index is 962. The third kappa shape index (κ3) is 2.97. The van der Waals surface area contributed by atoms with Crippen LogP contribution in [0.5, 0.6) is 0 Å². The molecule has 5 nitrogen and oxygen atoms in total. The molecule has 0 aromatic heterocycles. The van der Waals surface area contributed by atoms with Gasteiger partial charge >= 0.3 is 6.03 Å². The fourth-order valence-corrected chi connectivity index (χ4v) is 5.56. The summed E-state index contributed by atoms with van der Waals surface area (Å²) in [7, 11) is 0. The maximum atomic E-state index is 13.2. The molecule has 2 aliphatic heterocycles. The van der Waals surface area contributed by atoms with Crippen molar-refractivity contribution in [2.75, 3.05) is 17.2 Å². The summed E-state index contributed by atoms with van der Waals surface area (Å²) < 4.78 is -0.286. The van der Waals surface area contributed by atoms with E-state index in [0.29, 0.717) is 22.9 Å². The lowest BCUT2D eigenvalue weighted by Gasteiger charge is -2.32. The first-order valence-electron chi connectivity index (χ1n) is 8.68. The van der Waals surface area contributed by atoms with Gasteiger partial charge in [-0.15, -0.1) is 11.8 Å². The van der Waals surface area contributed by atoms with Crippen molar-refractivity contribution in [2.24, 2.45) is 0 Å². The van der Waals surface area contributed by atoms with Crippen molar-refractivity contribution in [3.63, 3.8) is 0 Å². The van der Waals surface area contributed by atoms with Gasteiger partial charge in [0.15, 0.2) is 4.87 Å². The smallest absolute Gasteiger partial charge is 0.323 e. The molecule has 0 radical (unpaired) electrons. The van der Waals surface area contributed by atoms with Gasteiger partial charge in [-0.2, -0.15) is 0 Å². The molecule has 0 saturated carbocycles. The van der Waals surface area contributed by atoms with Crippen LogP contribution in [0.4, 0.5) is 16.2 Å². The molecule has 2 aliphatic rings. The van der Waals surface area contributed by atoms with E-state index in [1.54, 1.807) is 23.1 Å². The molecule has 2 heterocycles. The Morgan fingerprint density at radius 3 is 2.78 bits per heavy atom. The van der Waals surface area contributed by atoms with E-state index in [9.17, 15) is 9.59 Å². The monoisotopic (exact) mass is 401 g/mol. The lowest BCUT2D eigenvalue weighted by Crippen LogP contribution is -2.49. The van der Waals surface area contributed by atoms with E-state index in [4.69, 9.17) is 11.6 Å². The summed E-state index contributed by atoms with van der Waals surface area (Å²) in [5.41, 5.74) is 3.18. The third-order valence-electron chi connectivity index (χ3n) is 4.76. The number of hydrogen-bond donors (Lipinski definition) is 2. The first kappa shape index (κ1) is 18.2. The highest BCUT2D eigenvalue weighted by atomic mass is 35.5. The zero-order valence-corrected chi connectivity index (χ0v) is 16.9. The minimum absolute atomic E-state index is 0.213. The topological polar surface area (TPSA) is 61.4 Å². The van der Waals surface area contributed by atoms with Crippen molar-refractivity contribution in [3.8, 4) is 0 Å². The number of nitrogens with one attached hydrogen (secondary N) is 2. The number of carbonyl (C=O) groups excluding carboxylic acids is 2. The summed E-state index contributed by atoms with van der Waals surface area (Å²) in [6.45, 7) is 6.48. The summed E-state index contributed by atoms with van der Waals surface area (Å²) in [4.78, 5) is 26.8. The Balaban J connectivity index is 1.77. The average molecular weight is 402 g/mol. The Kier molecular flexibility index (Phi) is 4.16. The number of benzene rings is 2. The molecule has 4 rings (SSSR count). The number of amides is 3. The molecule has 2 N–H and O–H groups in total. The summed E-state index contributed by atoms with van der Waals surface area (Å²) in [5.74, 6) is -0.213. The molecule has 7 heteroatoms. The second kappa shape index (κ2) is 6.17. The van der Waals surface area contributed by atoms with Crippen molar-refractivity contribution in [1.82, 2.24) is 4.90 Å².